The summed E-state index contributed by atoms with van der Waals surface area (Å²) in [7, 11) is 0. The molecule has 2 aromatic carbocycles. The lowest BCUT2D eigenvalue weighted by Crippen LogP contribution is -2.01. The predicted molar refractivity (Wildman–Crippen MR) is 95.7 cm³/mol. The summed E-state index contributed by atoms with van der Waals surface area (Å²) >= 11 is 12.5. The minimum absolute atomic E-state index is 0.132. The number of nitrogens with two attached hydrogens (primary N) is 2. The van der Waals surface area contributed by atoms with Gasteiger partial charge in [-0.15, -0.1) is 0 Å². The fraction of sp³-hybridized carbons (Fsp3) is 0. The van der Waals surface area contributed by atoms with E-state index in [0.717, 1.165) is 27.4 Å². The molecule has 5 N–H and O–H groups in total. The summed E-state index contributed by atoms with van der Waals surface area (Å²) in [6.07, 6.45) is 1.84. The zero-order chi connectivity index (χ0) is 16.1. The Balaban J connectivity index is 2.18. The van der Waals surface area contributed by atoms with Gasteiger partial charge in [0.25, 0.3) is 0 Å². The van der Waals surface area contributed by atoms with Crippen LogP contribution in [0.25, 0.3) is 32.9 Å². The Kier molecular flexibility index (Phi) is 3.07. The number of H-pyrrole nitrogens is 1. The molecule has 0 unspecified atom stereocenters. The Morgan fingerprint density at radius 2 is 1.78 bits per heavy atom. The van der Waals surface area contributed by atoms with Crippen molar-refractivity contribution < 1.29 is 0 Å². The number of rotatable bonds is 1. The monoisotopic (exact) mass is 343 g/mol. The van der Waals surface area contributed by atoms with Crippen LogP contribution in [-0.2, 0) is 0 Å². The van der Waals surface area contributed by atoms with Crippen LogP contribution in [0, 0.1) is 0 Å². The maximum atomic E-state index is 6.36. The third-order valence-corrected chi connectivity index (χ3v) is 4.33. The van der Waals surface area contributed by atoms with Crippen molar-refractivity contribution in [3.05, 3.63) is 46.6 Å². The summed E-state index contributed by atoms with van der Waals surface area (Å²) in [5.41, 5.74) is 15.0. The number of anilines is 2. The summed E-state index contributed by atoms with van der Waals surface area (Å²) in [5.74, 6) is 0.480. The molecule has 0 fully saturated rings. The second kappa shape index (κ2) is 5.01. The van der Waals surface area contributed by atoms with Gasteiger partial charge in [-0.25, -0.2) is 4.98 Å². The molecule has 114 valence electrons. The quantitative estimate of drug-likeness (QED) is 0.481. The number of hydrogen-bond acceptors (Lipinski definition) is 4. The van der Waals surface area contributed by atoms with Gasteiger partial charge in [0.05, 0.1) is 16.4 Å². The van der Waals surface area contributed by atoms with Gasteiger partial charge in [-0.3, -0.25) is 0 Å². The molecular weight excluding hydrogens is 333 g/mol. The van der Waals surface area contributed by atoms with Crippen LogP contribution < -0.4 is 11.5 Å². The molecule has 23 heavy (non-hydrogen) atoms. The second-order valence-electron chi connectivity index (χ2n) is 5.18. The van der Waals surface area contributed by atoms with E-state index in [0.29, 0.717) is 21.4 Å². The topological polar surface area (TPSA) is 93.6 Å². The van der Waals surface area contributed by atoms with E-state index in [1.807, 2.05) is 24.4 Å². The minimum atomic E-state index is 0.132. The highest BCUT2D eigenvalue weighted by Crippen LogP contribution is 2.39. The fourth-order valence-electron chi connectivity index (χ4n) is 2.82. The smallest absolute Gasteiger partial charge is 0.222 e. The van der Waals surface area contributed by atoms with Crippen molar-refractivity contribution >= 4 is 56.8 Å². The number of aromatic nitrogens is 3. The van der Waals surface area contributed by atoms with Crippen LogP contribution in [0.2, 0.25) is 10.0 Å². The van der Waals surface area contributed by atoms with E-state index in [9.17, 15) is 0 Å². The summed E-state index contributed by atoms with van der Waals surface area (Å²) in [6.45, 7) is 0. The van der Waals surface area contributed by atoms with E-state index in [2.05, 4.69) is 15.0 Å². The molecule has 0 spiro atoms. The van der Waals surface area contributed by atoms with Gasteiger partial charge in [-0.1, -0.05) is 23.2 Å². The number of nitrogens with zero attached hydrogens (tertiary/aromatic N) is 2. The van der Waals surface area contributed by atoms with E-state index in [-0.39, 0.29) is 5.95 Å². The van der Waals surface area contributed by atoms with Crippen LogP contribution in [-0.4, -0.2) is 15.0 Å². The molecule has 0 bridgehead atoms. The normalized spacial score (nSPS) is 11.4. The summed E-state index contributed by atoms with van der Waals surface area (Å²) < 4.78 is 0. The van der Waals surface area contributed by atoms with Crippen molar-refractivity contribution in [3.63, 3.8) is 0 Å². The molecule has 0 atom stereocenters. The molecule has 0 saturated carbocycles. The van der Waals surface area contributed by atoms with Gasteiger partial charge < -0.3 is 16.5 Å². The molecule has 4 rings (SSSR count). The van der Waals surface area contributed by atoms with Gasteiger partial charge in [0.2, 0.25) is 5.95 Å². The molecule has 5 nitrogen and oxygen atoms in total. The van der Waals surface area contributed by atoms with E-state index in [1.54, 1.807) is 12.1 Å². The molecule has 0 aliphatic carbocycles. The number of benzene rings is 2. The Labute approximate surface area is 141 Å². The summed E-state index contributed by atoms with van der Waals surface area (Å²) in [5, 5.41) is 2.87. The Bertz CT molecular complexity index is 1070. The lowest BCUT2D eigenvalue weighted by atomic mass is 10.00. The molecule has 7 heteroatoms. The van der Waals surface area contributed by atoms with Crippen molar-refractivity contribution in [1.29, 1.82) is 0 Å². The molecule has 0 amide bonds. The second-order valence-corrected chi connectivity index (χ2v) is 6.02. The third kappa shape index (κ3) is 2.17. The molecule has 0 aliphatic heterocycles. The zero-order valence-corrected chi connectivity index (χ0v) is 13.3. The van der Waals surface area contributed by atoms with Crippen molar-refractivity contribution in [2.75, 3.05) is 11.5 Å². The van der Waals surface area contributed by atoms with Gasteiger partial charge in [0.15, 0.2) is 0 Å². The molecule has 2 heterocycles. The first kappa shape index (κ1) is 14.1. The van der Waals surface area contributed by atoms with Crippen molar-refractivity contribution in [1.82, 2.24) is 15.0 Å². The zero-order valence-electron chi connectivity index (χ0n) is 11.8. The van der Waals surface area contributed by atoms with Crippen LogP contribution in [0.15, 0.2) is 36.5 Å². The van der Waals surface area contributed by atoms with E-state index in [4.69, 9.17) is 34.7 Å². The van der Waals surface area contributed by atoms with E-state index >= 15 is 0 Å². The maximum Gasteiger partial charge on any atom is 0.222 e. The van der Waals surface area contributed by atoms with Gasteiger partial charge >= 0.3 is 0 Å². The van der Waals surface area contributed by atoms with Crippen molar-refractivity contribution in [2.45, 2.75) is 0 Å². The number of nitrogen functional groups attached to an aromatic ring is 2. The van der Waals surface area contributed by atoms with Gasteiger partial charge in [0, 0.05) is 32.8 Å². The number of aromatic amines is 1. The van der Waals surface area contributed by atoms with Crippen LogP contribution in [0.4, 0.5) is 11.8 Å². The minimum Gasteiger partial charge on any atom is -0.383 e. The van der Waals surface area contributed by atoms with Gasteiger partial charge in [-0.2, -0.15) is 4.98 Å². The largest absolute Gasteiger partial charge is 0.383 e. The van der Waals surface area contributed by atoms with Crippen LogP contribution in [0.1, 0.15) is 0 Å². The van der Waals surface area contributed by atoms with Gasteiger partial charge in [0.1, 0.15) is 5.82 Å². The summed E-state index contributed by atoms with van der Waals surface area (Å²) in [6, 6.07) is 9.15. The Hall–Kier alpha value is -2.50. The highest BCUT2D eigenvalue weighted by Gasteiger charge is 2.15. The van der Waals surface area contributed by atoms with E-state index in [1.165, 1.54) is 0 Å². The lowest BCUT2D eigenvalue weighted by Gasteiger charge is -2.11. The average Bonchev–Trinajstić information content (AvgIpc) is 2.97. The van der Waals surface area contributed by atoms with Crippen LogP contribution in [0.5, 0.6) is 0 Å². The summed E-state index contributed by atoms with van der Waals surface area (Å²) in [4.78, 5) is 11.6. The first-order valence-corrected chi connectivity index (χ1v) is 7.58. The molecule has 0 saturated heterocycles. The highest BCUT2D eigenvalue weighted by molar-refractivity contribution is 6.36. The molecule has 0 radical (unpaired) electrons. The first-order chi connectivity index (χ1) is 11.0. The maximum absolute atomic E-state index is 6.36. The molecule has 0 aliphatic rings. The van der Waals surface area contributed by atoms with Crippen molar-refractivity contribution in [2.24, 2.45) is 0 Å². The Morgan fingerprint density at radius 3 is 2.61 bits per heavy atom. The predicted octanol–water partition coefficient (Wildman–Crippen LogP) is 4.25. The SMILES string of the molecule is Nc1nc(N)c2c(cc(-c3cc(Cl)ccc3Cl)c3[nH]ccc32)n1. The van der Waals surface area contributed by atoms with Gasteiger partial charge in [-0.05, 0) is 30.3 Å². The number of nitrogens with one attached hydrogen (secondary N) is 1. The van der Waals surface area contributed by atoms with E-state index < -0.39 is 0 Å². The first-order valence-electron chi connectivity index (χ1n) is 6.83. The van der Waals surface area contributed by atoms with Crippen LogP contribution in [0.3, 0.4) is 0 Å². The number of halogens is 2. The number of hydrogen-bond donors (Lipinski definition) is 3. The standard InChI is InChI=1S/C16H11Cl2N5/c17-7-1-2-11(18)9(5-7)10-6-12-13(8-3-4-21-14(8)10)15(19)23-16(20)22-12/h1-6,21H,(H4,19,20,22,23). The third-order valence-electron chi connectivity index (χ3n) is 3.77. The average molecular weight is 344 g/mol. The molecule has 4 aromatic rings. The molecular formula is C16H11Cl2N5. The highest BCUT2D eigenvalue weighted by atomic mass is 35.5. The van der Waals surface area contributed by atoms with Crippen LogP contribution >= 0.6 is 23.2 Å². The molecule has 2 aromatic heterocycles. The fourth-order valence-corrected chi connectivity index (χ4v) is 3.21. The lowest BCUT2D eigenvalue weighted by molar-refractivity contribution is 1.25. The number of fused-ring (bicyclic) bond motifs is 3. The van der Waals surface area contributed by atoms with Crippen molar-refractivity contribution in [3.8, 4) is 11.1 Å². The Morgan fingerprint density at radius 1 is 0.957 bits per heavy atom.